The first-order chi connectivity index (χ1) is 17.1. The molecule has 0 atom stereocenters. The Labute approximate surface area is 210 Å². The smallest absolute Gasteiger partial charge is 0.161 e. The first kappa shape index (κ1) is 25.3. The number of benzene rings is 4. The molecule has 0 aliphatic carbocycles. The molecule has 36 heavy (non-hydrogen) atoms. The molecular formula is C30H34O6. The Kier molecular flexibility index (Phi) is 6.81. The number of aryl methyl sites for hydroxylation is 4. The Morgan fingerprint density at radius 1 is 0.500 bits per heavy atom. The summed E-state index contributed by atoms with van der Waals surface area (Å²) >= 11 is 0. The number of phenolic OH excluding ortho intramolecular Hbond substituents is 6. The predicted octanol–water partition coefficient (Wildman–Crippen LogP) is 7.20. The van der Waals surface area contributed by atoms with Gasteiger partial charge in [0.05, 0.1) is 0 Å². The Hall–Kier alpha value is -3.80. The summed E-state index contributed by atoms with van der Waals surface area (Å²) in [4.78, 5) is 0. The molecule has 0 radical (unpaired) electrons. The molecule has 0 aliphatic heterocycles. The molecule has 4 aromatic rings. The lowest BCUT2D eigenvalue weighted by atomic mass is 9.84. The van der Waals surface area contributed by atoms with Crippen LogP contribution in [0.15, 0.2) is 24.3 Å². The van der Waals surface area contributed by atoms with E-state index in [4.69, 9.17) is 0 Å². The van der Waals surface area contributed by atoms with Crippen LogP contribution in [-0.4, -0.2) is 30.6 Å². The minimum absolute atomic E-state index is 0.0795. The second kappa shape index (κ2) is 9.69. The zero-order valence-electron chi connectivity index (χ0n) is 21.2. The standard InChI is InChI=1S/C30H34O6/c1-5-7-9-17-11-19-15(3)27(33)23(31)13-21(19)29(35)25(17)26-18(10-8-6-2)12-20-16(4)28(34)24(32)14-22(20)30(26)36/h11-14,31-36H,5-10H2,1-4H3. The number of hydrogen-bond donors (Lipinski definition) is 6. The molecule has 0 aromatic heterocycles. The van der Waals surface area contributed by atoms with Crippen molar-refractivity contribution in [1.82, 2.24) is 0 Å². The van der Waals surface area contributed by atoms with E-state index in [1.165, 1.54) is 12.1 Å². The van der Waals surface area contributed by atoms with Crippen molar-refractivity contribution in [3.8, 4) is 45.6 Å². The van der Waals surface area contributed by atoms with Crippen LogP contribution in [0.5, 0.6) is 34.5 Å². The molecule has 0 saturated heterocycles. The SMILES string of the molecule is CCCCc1cc2c(C)c(O)c(O)cc2c(O)c1-c1c(CCCC)cc2c(C)c(O)c(O)cc2c1O. The van der Waals surface area contributed by atoms with E-state index in [2.05, 4.69) is 13.8 Å². The van der Waals surface area contributed by atoms with Crippen LogP contribution >= 0.6 is 0 Å². The van der Waals surface area contributed by atoms with E-state index in [1.807, 2.05) is 12.1 Å². The summed E-state index contributed by atoms with van der Waals surface area (Å²) in [6.07, 6.45) is 4.84. The highest BCUT2D eigenvalue weighted by Gasteiger charge is 2.25. The molecule has 190 valence electrons. The van der Waals surface area contributed by atoms with Crippen molar-refractivity contribution in [2.75, 3.05) is 0 Å². The van der Waals surface area contributed by atoms with Gasteiger partial charge in [-0.2, -0.15) is 0 Å². The molecule has 0 amide bonds. The highest BCUT2D eigenvalue weighted by atomic mass is 16.3. The van der Waals surface area contributed by atoms with E-state index >= 15 is 0 Å². The van der Waals surface area contributed by atoms with Crippen molar-refractivity contribution in [3.05, 3.63) is 46.5 Å². The first-order valence-electron chi connectivity index (χ1n) is 12.5. The molecule has 0 heterocycles. The maximum Gasteiger partial charge on any atom is 0.161 e. The topological polar surface area (TPSA) is 121 Å². The Balaban J connectivity index is 2.18. The molecule has 0 unspecified atom stereocenters. The lowest BCUT2D eigenvalue weighted by molar-refractivity contribution is 0.402. The van der Waals surface area contributed by atoms with Crippen LogP contribution < -0.4 is 0 Å². The predicted molar refractivity (Wildman–Crippen MR) is 144 cm³/mol. The summed E-state index contributed by atoms with van der Waals surface area (Å²) < 4.78 is 0. The molecule has 0 spiro atoms. The van der Waals surface area contributed by atoms with Crippen LogP contribution in [0.25, 0.3) is 32.7 Å². The number of hydrogen-bond acceptors (Lipinski definition) is 6. The Bertz CT molecular complexity index is 1370. The maximum atomic E-state index is 11.6. The lowest BCUT2D eigenvalue weighted by Crippen LogP contribution is -1.99. The Morgan fingerprint density at radius 3 is 1.19 bits per heavy atom. The van der Waals surface area contributed by atoms with Crippen LogP contribution in [0.4, 0.5) is 0 Å². The third kappa shape index (κ3) is 4.00. The van der Waals surface area contributed by atoms with E-state index in [-0.39, 0.29) is 34.5 Å². The summed E-state index contributed by atoms with van der Waals surface area (Å²) in [6, 6.07) is 6.53. The zero-order chi connectivity index (χ0) is 26.3. The number of fused-ring (bicyclic) bond motifs is 2. The van der Waals surface area contributed by atoms with Crippen LogP contribution in [0.1, 0.15) is 61.8 Å². The van der Waals surface area contributed by atoms with Gasteiger partial charge < -0.3 is 30.6 Å². The van der Waals surface area contributed by atoms with Gasteiger partial charge in [0, 0.05) is 33.0 Å². The Morgan fingerprint density at radius 2 is 0.861 bits per heavy atom. The fourth-order valence-corrected chi connectivity index (χ4v) is 5.13. The van der Waals surface area contributed by atoms with Gasteiger partial charge in [0.1, 0.15) is 11.5 Å². The van der Waals surface area contributed by atoms with Gasteiger partial charge in [-0.05, 0) is 85.7 Å². The second-order valence-electron chi connectivity index (χ2n) is 9.65. The quantitative estimate of drug-likeness (QED) is 0.152. The number of rotatable bonds is 7. The third-order valence-electron chi connectivity index (χ3n) is 7.26. The molecule has 0 aliphatic rings. The van der Waals surface area contributed by atoms with Crippen molar-refractivity contribution < 1.29 is 30.6 Å². The van der Waals surface area contributed by atoms with E-state index < -0.39 is 0 Å². The van der Waals surface area contributed by atoms with Gasteiger partial charge in [0.15, 0.2) is 23.0 Å². The largest absolute Gasteiger partial charge is 0.507 e. The van der Waals surface area contributed by atoms with Gasteiger partial charge >= 0.3 is 0 Å². The van der Waals surface area contributed by atoms with Gasteiger partial charge in [-0.15, -0.1) is 0 Å². The third-order valence-corrected chi connectivity index (χ3v) is 7.26. The molecule has 0 bridgehead atoms. The van der Waals surface area contributed by atoms with Gasteiger partial charge in [-0.25, -0.2) is 0 Å². The number of unbranched alkanes of at least 4 members (excludes halogenated alkanes) is 2. The van der Waals surface area contributed by atoms with Crippen LogP contribution in [0.3, 0.4) is 0 Å². The minimum atomic E-state index is -0.326. The highest BCUT2D eigenvalue weighted by molar-refractivity contribution is 6.05. The van der Waals surface area contributed by atoms with Crippen molar-refractivity contribution in [1.29, 1.82) is 0 Å². The average molecular weight is 491 g/mol. The molecule has 6 N–H and O–H groups in total. The average Bonchev–Trinajstić information content (AvgIpc) is 2.85. The van der Waals surface area contributed by atoms with Crippen LogP contribution in [0, 0.1) is 13.8 Å². The molecule has 4 rings (SSSR count). The maximum absolute atomic E-state index is 11.6. The van der Waals surface area contributed by atoms with Gasteiger partial charge in [0.25, 0.3) is 0 Å². The first-order valence-corrected chi connectivity index (χ1v) is 12.5. The van der Waals surface area contributed by atoms with Crippen molar-refractivity contribution in [3.63, 3.8) is 0 Å². The van der Waals surface area contributed by atoms with Gasteiger partial charge in [0.2, 0.25) is 0 Å². The fraction of sp³-hybridized carbons (Fsp3) is 0.333. The molecule has 6 heteroatoms. The van der Waals surface area contributed by atoms with Crippen molar-refractivity contribution in [2.45, 2.75) is 66.2 Å². The second-order valence-corrected chi connectivity index (χ2v) is 9.65. The fourth-order valence-electron chi connectivity index (χ4n) is 5.13. The normalized spacial score (nSPS) is 11.6. The number of aromatic hydroxyl groups is 6. The zero-order valence-corrected chi connectivity index (χ0v) is 21.2. The van der Waals surface area contributed by atoms with Crippen LogP contribution in [0.2, 0.25) is 0 Å². The molecule has 0 saturated carbocycles. The van der Waals surface area contributed by atoms with E-state index in [0.29, 0.717) is 56.6 Å². The minimum Gasteiger partial charge on any atom is -0.507 e. The lowest BCUT2D eigenvalue weighted by Gasteiger charge is -2.22. The summed E-state index contributed by atoms with van der Waals surface area (Å²) in [6.45, 7) is 7.54. The molecule has 6 nitrogen and oxygen atoms in total. The van der Waals surface area contributed by atoms with Crippen molar-refractivity contribution in [2.24, 2.45) is 0 Å². The van der Waals surface area contributed by atoms with E-state index in [9.17, 15) is 30.6 Å². The molecule has 4 aromatic carbocycles. The van der Waals surface area contributed by atoms with Gasteiger partial charge in [-0.1, -0.05) is 26.7 Å². The summed E-state index contributed by atoms with van der Waals surface area (Å²) in [5.74, 6) is -1.26. The monoisotopic (exact) mass is 490 g/mol. The van der Waals surface area contributed by atoms with Crippen LogP contribution in [-0.2, 0) is 12.8 Å². The van der Waals surface area contributed by atoms with Crippen molar-refractivity contribution >= 4 is 21.5 Å². The highest BCUT2D eigenvalue weighted by Crippen LogP contribution is 2.51. The summed E-state index contributed by atoms with van der Waals surface area (Å²) in [7, 11) is 0. The van der Waals surface area contributed by atoms with E-state index in [1.54, 1.807) is 13.8 Å². The molecule has 0 fully saturated rings. The number of phenols is 6. The van der Waals surface area contributed by atoms with Gasteiger partial charge in [-0.3, -0.25) is 0 Å². The van der Waals surface area contributed by atoms with E-state index in [0.717, 1.165) is 36.8 Å². The summed E-state index contributed by atoms with van der Waals surface area (Å²) in [5, 5.41) is 66.5. The molecular weight excluding hydrogens is 456 g/mol. The summed E-state index contributed by atoms with van der Waals surface area (Å²) in [5.41, 5.74) is 3.54.